The van der Waals surface area contributed by atoms with Gasteiger partial charge in [-0.2, -0.15) is 0 Å². The molecular weight excluding hydrogens is 236 g/mol. The number of ether oxygens (including phenoxy) is 1. The molecular formula is C12H20N2O4. The summed E-state index contributed by atoms with van der Waals surface area (Å²) in [5, 5.41) is 14.5. The maximum atomic E-state index is 11.5. The molecule has 1 heterocycles. The number of carboxylic acids is 1. The third-order valence-corrected chi connectivity index (χ3v) is 3.39. The molecule has 0 spiro atoms. The fourth-order valence-corrected chi connectivity index (χ4v) is 2.18. The predicted molar refractivity (Wildman–Crippen MR) is 64.1 cm³/mol. The van der Waals surface area contributed by atoms with Crippen LogP contribution >= 0.6 is 0 Å². The SMILES string of the molecule is O=C(CNC(C(=O)O)C1CC1)NCC1CCCO1. The Bertz CT molecular complexity index is 311. The van der Waals surface area contributed by atoms with Gasteiger partial charge >= 0.3 is 5.97 Å². The number of hydrogen-bond donors (Lipinski definition) is 3. The zero-order valence-corrected chi connectivity index (χ0v) is 10.4. The number of aliphatic carboxylic acids is 1. The zero-order valence-electron chi connectivity index (χ0n) is 10.4. The van der Waals surface area contributed by atoms with E-state index < -0.39 is 12.0 Å². The van der Waals surface area contributed by atoms with E-state index in [4.69, 9.17) is 9.84 Å². The zero-order chi connectivity index (χ0) is 13.0. The summed E-state index contributed by atoms with van der Waals surface area (Å²) in [7, 11) is 0. The summed E-state index contributed by atoms with van der Waals surface area (Å²) >= 11 is 0. The lowest BCUT2D eigenvalue weighted by Gasteiger charge is -2.14. The highest BCUT2D eigenvalue weighted by molar-refractivity contribution is 5.80. The van der Waals surface area contributed by atoms with Gasteiger partial charge in [0.15, 0.2) is 0 Å². The number of carbonyl (C=O) groups is 2. The molecule has 1 saturated heterocycles. The monoisotopic (exact) mass is 256 g/mol. The van der Waals surface area contributed by atoms with Gasteiger partial charge in [-0.15, -0.1) is 0 Å². The van der Waals surface area contributed by atoms with Gasteiger partial charge in [0.05, 0.1) is 12.6 Å². The van der Waals surface area contributed by atoms with Gasteiger partial charge < -0.3 is 15.2 Å². The third kappa shape index (κ3) is 3.96. The largest absolute Gasteiger partial charge is 0.480 e. The second-order valence-electron chi connectivity index (χ2n) is 4.97. The van der Waals surface area contributed by atoms with Crippen LogP contribution in [-0.2, 0) is 14.3 Å². The summed E-state index contributed by atoms with van der Waals surface area (Å²) in [4.78, 5) is 22.5. The van der Waals surface area contributed by atoms with Crippen LogP contribution in [0.5, 0.6) is 0 Å². The smallest absolute Gasteiger partial charge is 0.320 e. The first-order chi connectivity index (χ1) is 8.66. The molecule has 0 aromatic carbocycles. The lowest BCUT2D eigenvalue weighted by Crippen LogP contribution is -2.45. The standard InChI is InChI=1S/C12H20N2O4/c15-10(13-6-9-2-1-5-18-9)7-14-11(12(16)17)8-3-4-8/h8-9,11,14H,1-7H2,(H,13,15)(H,16,17). The highest BCUT2D eigenvalue weighted by Gasteiger charge is 2.36. The Hall–Kier alpha value is -1.14. The third-order valence-electron chi connectivity index (χ3n) is 3.39. The van der Waals surface area contributed by atoms with Gasteiger partial charge in [-0.05, 0) is 31.6 Å². The molecule has 3 N–H and O–H groups in total. The second kappa shape index (κ2) is 6.15. The normalized spacial score (nSPS) is 24.8. The molecule has 2 aliphatic rings. The van der Waals surface area contributed by atoms with Crippen LogP contribution in [0.3, 0.4) is 0 Å². The van der Waals surface area contributed by atoms with Gasteiger partial charge in [0, 0.05) is 13.2 Å². The molecule has 0 aromatic rings. The molecule has 2 fully saturated rings. The molecule has 6 nitrogen and oxygen atoms in total. The Morgan fingerprint density at radius 1 is 1.33 bits per heavy atom. The maximum absolute atomic E-state index is 11.5. The number of amides is 1. The first-order valence-electron chi connectivity index (χ1n) is 6.51. The average molecular weight is 256 g/mol. The fourth-order valence-electron chi connectivity index (χ4n) is 2.18. The van der Waals surface area contributed by atoms with Gasteiger partial charge in [-0.1, -0.05) is 0 Å². The molecule has 1 saturated carbocycles. The first kappa shape index (κ1) is 13.3. The van der Waals surface area contributed by atoms with E-state index in [0.717, 1.165) is 32.3 Å². The summed E-state index contributed by atoms with van der Waals surface area (Å²) in [6.45, 7) is 1.34. The van der Waals surface area contributed by atoms with Crippen LogP contribution in [0.4, 0.5) is 0 Å². The minimum Gasteiger partial charge on any atom is -0.480 e. The van der Waals surface area contributed by atoms with Crippen molar-refractivity contribution in [2.45, 2.75) is 37.8 Å². The van der Waals surface area contributed by atoms with Crippen LogP contribution in [0.1, 0.15) is 25.7 Å². The van der Waals surface area contributed by atoms with E-state index in [9.17, 15) is 9.59 Å². The molecule has 0 radical (unpaired) electrons. The van der Waals surface area contributed by atoms with E-state index in [2.05, 4.69) is 10.6 Å². The Kier molecular flexibility index (Phi) is 4.54. The van der Waals surface area contributed by atoms with Gasteiger partial charge in [0.2, 0.25) is 5.91 Å². The van der Waals surface area contributed by atoms with E-state index in [1.165, 1.54) is 0 Å². The summed E-state index contributed by atoms with van der Waals surface area (Å²) in [5.74, 6) is -0.852. The Morgan fingerprint density at radius 3 is 2.67 bits per heavy atom. The van der Waals surface area contributed by atoms with Crippen LogP contribution in [0.25, 0.3) is 0 Å². The van der Waals surface area contributed by atoms with E-state index in [-0.39, 0.29) is 24.5 Å². The summed E-state index contributed by atoms with van der Waals surface area (Å²) < 4.78 is 5.39. The summed E-state index contributed by atoms with van der Waals surface area (Å²) in [5.41, 5.74) is 0. The van der Waals surface area contributed by atoms with Crippen molar-refractivity contribution in [1.29, 1.82) is 0 Å². The summed E-state index contributed by atoms with van der Waals surface area (Å²) in [6, 6.07) is -0.585. The van der Waals surface area contributed by atoms with E-state index in [1.54, 1.807) is 0 Å². The van der Waals surface area contributed by atoms with Crippen molar-refractivity contribution in [3.8, 4) is 0 Å². The second-order valence-corrected chi connectivity index (χ2v) is 4.97. The van der Waals surface area contributed by atoms with Crippen LogP contribution in [0.15, 0.2) is 0 Å². The topological polar surface area (TPSA) is 87.7 Å². The van der Waals surface area contributed by atoms with Gasteiger partial charge in [0.1, 0.15) is 6.04 Å². The minimum absolute atomic E-state index is 0.0557. The maximum Gasteiger partial charge on any atom is 0.320 e. The molecule has 1 amide bonds. The number of carboxylic acid groups (broad SMARTS) is 1. The lowest BCUT2D eigenvalue weighted by molar-refractivity contribution is -0.140. The van der Waals surface area contributed by atoms with Crippen LogP contribution in [0.2, 0.25) is 0 Å². The van der Waals surface area contributed by atoms with Crippen molar-refractivity contribution in [1.82, 2.24) is 10.6 Å². The number of carbonyl (C=O) groups excluding carboxylic acids is 1. The van der Waals surface area contributed by atoms with Crippen LogP contribution in [0, 0.1) is 5.92 Å². The molecule has 2 rings (SSSR count). The molecule has 2 atom stereocenters. The molecule has 1 aliphatic heterocycles. The highest BCUT2D eigenvalue weighted by atomic mass is 16.5. The van der Waals surface area contributed by atoms with Crippen molar-refractivity contribution < 1.29 is 19.4 Å². The van der Waals surface area contributed by atoms with Gasteiger partial charge in [-0.3, -0.25) is 14.9 Å². The van der Waals surface area contributed by atoms with Crippen molar-refractivity contribution in [3.05, 3.63) is 0 Å². The van der Waals surface area contributed by atoms with E-state index in [1.807, 2.05) is 0 Å². The van der Waals surface area contributed by atoms with Crippen LogP contribution in [-0.4, -0.2) is 48.8 Å². The van der Waals surface area contributed by atoms with Crippen molar-refractivity contribution in [3.63, 3.8) is 0 Å². The number of hydrogen-bond acceptors (Lipinski definition) is 4. The number of nitrogens with one attached hydrogen (secondary N) is 2. The van der Waals surface area contributed by atoms with E-state index >= 15 is 0 Å². The molecule has 18 heavy (non-hydrogen) atoms. The first-order valence-corrected chi connectivity index (χ1v) is 6.51. The predicted octanol–water partition coefficient (Wildman–Crippen LogP) is -0.266. The molecule has 2 unspecified atom stereocenters. The molecule has 6 heteroatoms. The van der Waals surface area contributed by atoms with Crippen molar-refractivity contribution in [2.24, 2.45) is 5.92 Å². The molecule has 0 aromatic heterocycles. The Morgan fingerprint density at radius 2 is 2.11 bits per heavy atom. The van der Waals surface area contributed by atoms with E-state index in [0.29, 0.717) is 6.54 Å². The lowest BCUT2D eigenvalue weighted by atomic mass is 10.2. The molecule has 1 aliphatic carbocycles. The quantitative estimate of drug-likeness (QED) is 0.584. The highest BCUT2D eigenvalue weighted by Crippen LogP contribution is 2.32. The summed E-state index contributed by atoms with van der Waals surface area (Å²) in [6.07, 6.45) is 4.01. The number of rotatable bonds is 7. The van der Waals surface area contributed by atoms with Crippen molar-refractivity contribution >= 4 is 11.9 Å². The Labute approximate surface area is 106 Å². The minimum atomic E-state index is -0.871. The fraction of sp³-hybridized carbons (Fsp3) is 0.833. The average Bonchev–Trinajstić information content (AvgIpc) is 3.02. The van der Waals surface area contributed by atoms with Gasteiger partial charge in [0.25, 0.3) is 0 Å². The van der Waals surface area contributed by atoms with Crippen LogP contribution < -0.4 is 10.6 Å². The Balaban J connectivity index is 1.62. The van der Waals surface area contributed by atoms with Crippen molar-refractivity contribution in [2.75, 3.05) is 19.7 Å². The molecule has 0 bridgehead atoms. The van der Waals surface area contributed by atoms with Gasteiger partial charge in [-0.25, -0.2) is 0 Å². The molecule has 102 valence electrons.